The highest BCUT2D eigenvalue weighted by Crippen LogP contribution is 2.29. The maximum absolute atomic E-state index is 9.58. The molecule has 1 aromatic carbocycles. The van der Waals surface area contributed by atoms with E-state index >= 15 is 0 Å². The Kier molecular flexibility index (Phi) is 5.83. The van der Waals surface area contributed by atoms with Gasteiger partial charge in [0.2, 0.25) is 0 Å². The van der Waals surface area contributed by atoms with Gasteiger partial charge in [0, 0.05) is 25.2 Å². The molecule has 1 fully saturated rings. The van der Waals surface area contributed by atoms with Crippen molar-refractivity contribution in [1.29, 1.82) is 0 Å². The van der Waals surface area contributed by atoms with E-state index in [1.807, 2.05) is 6.07 Å². The topological polar surface area (TPSA) is 41.5 Å². The van der Waals surface area contributed by atoms with E-state index in [9.17, 15) is 5.11 Å². The molecule has 0 radical (unpaired) electrons. The van der Waals surface area contributed by atoms with E-state index in [-0.39, 0.29) is 12.0 Å². The van der Waals surface area contributed by atoms with Gasteiger partial charge in [-0.2, -0.15) is 0 Å². The summed E-state index contributed by atoms with van der Waals surface area (Å²) in [6.07, 6.45) is 4.18. The number of piperidine rings is 1. The zero-order chi connectivity index (χ0) is 13.4. The van der Waals surface area contributed by atoms with Crippen LogP contribution in [0.25, 0.3) is 0 Å². The summed E-state index contributed by atoms with van der Waals surface area (Å²) in [6.45, 7) is 3.78. The highest BCUT2D eigenvalue weighted by atomic mass is 16.5. The molecular weight excluding hydrogens is 238 g/mol. The van der Waals surface area contributed by atoms with Crippen molar-refractivity contribution in [3.8, 4) is 0 Å². The third-order valence-corrected chi connectivity index (χ3v) is 4.05. The Morgan fingerprint density at radius 2 is 2.05 bits per heavy atom. The highest BCUT2D eigenvalue weighted by molar-refractivity contribution is 5.14. The summed E-state index contributed by atoms with van der Waals surface area (Å²) in [5, 5.41) is 13.0. The molecule has 0 unspecified atom stereocenters. The first-order valence-electron chi connectivity index (χ1n) is 7.28. The molecule has 0 saturated carbocycles. The van der Waals surface area contributed by atoms with Gasteiger partial charge in [-0.1, -0.05) is 30.3 Å². The molecule has 1 atom stereocenters. The minimum Gasteiger partial charge on any atom is -0.396 e. The number of rotatable bonds is 7. The van der Waals surface area contributed by atoms with Crippen LogP contribution in [0.15, 0.2) is 30.3 Å². The second-order valence-corrected chi connectivity index (χ2v) is 5.54. The molecule has 19 heavy (non-hydrogen) atoms. The van der Waals surface area contributed by atoms with Crippen LogP contribution < -0.4 is 5.32 Å². The van der Waals surface area contributed by atoms with Crippen molar-refractivity contribution >= 4 is 0 Å². The zero-order valence-electron chi connectivity index (χ0n) is 11.6. The van der Waals surface area contributed by atoms with Crippen LogP contribution in [0.1, 0.15) is 24.8 Å². The number of ether oxygens (including phenoxy) is 1. The molecule has 3 heteroatoms. The van der Waals surface area contributed by atoms with E-state index in [4.69, 9.17) is 4.74 Å². The van der Waals surface area contributed by atoms with Crippen molar-refractivity contribution in [3.63, 3.8) is 0 Å². The lowest BCUT2D eigenvalue weighted by molar-refractivity contribution is 0.0412. The Bertz CT molecular complexity index is 347. The third kappa shape index (κ3) is 4.60. The van der Waals surface area contributed by atoms with Crippen LogP contribution in [0, 0.1) is 5.41 Å². The molecule has 0 aromatic heterocycles. The lowest BCUT2D eigenvalue weighted by Gasteiger charge is -2.36. The predicted molar refractivity (Wildman–Crippen MR) is 77.2 cm³/mol. The van der Waals surface area contributed by atoms with E-state index < -0.39 is 0 Å². The van der Waals surface area contributed by atoms with Crippen LogP contribution in [-0.4, -0.2) is 38.0 Å². The van der Waals surface area contributed by atoms with Crippen molar-refractivity contribution in [1.82, 2.24) is 5.32 Å². The van der Waals surface area contributed by atoms with E-state index in [0.29, 0.717) is 0 Å². The normalized spacial score (nSPS) is 23.4. The average Bonchev–Trinajstić information content (AvgIpc) is 2.49. The molecule has 0 amide bonds. The summed E-state index contributed by atoms with van der Waals surface area (Å²) in [5.74, 6) is 0. The first-order valence-corrected chi connectivity index (χ1v) is 7.28. The van der Waals surface area contributed by atoms with Gasteiger partial charge < -0.3 is 15.2 Å². The van der Waals surface area contributed by atoms with Gasteiger partial charge in [-0.05, 0) is 37.8 Å². The van der Waals surface area contributed by atoms with Gasteiger partial charge in [-0.25, -0.2) is 0 Å². The van der Waals surface area contributed by atoms with Gasteiger partial charge in [-0.15, -0.1) is 0 Å². The Labute approximate surface area is 116 Å². The fraction of sp³-hybridized carbons (Fsp3) is 0.625. The Morgan fingerprint density at radius 1 is 1.21 bits per heavy atom. The second-order valence-electron chi connectivity index (χ2n) is 5.54. The molecule has 1 saturated heterocycles. The fourth-order valence-corrected chi connectivity index (χ4v) is 2.68. The van der Waals surface area contributed by atoms with Crippen molar-refractivity contribution in [3.05, 3.63) is 35.9 Å². The average molecular weight is 263 g/mol. The number of benzene rings is 1. The standard InChI is InChI=1S/C16H25NO2/c18-14-16(8-4-10-17-13-16)9-12-19-11-7-15-5-2-1-3-6-15/h1-3,5-6,17-18H,4,7-14H2/t16-/m0/s1. The van der Waals surface area contributed by atoms with Gasteiger partial charge in [-0.3, -0.25) is 0 Å². The smallest absolute Gasteiger partial charge is 0.0506 e. The summed E-state index contributed by atoms with van der Waals surface area (Å²) in [4.78, 5) is 0. The first kappa shape index (κ1) is 14.5. The number of aliphatic hydroxyl groups is 1. The summed E-state index contributed by atoms with van der Waals surface area (Å²) in [7, 11) is 0. The van der Waals surface area contributed by atoms with Crippen LogP contribution in [0.4, 0.5) is 0 Å². The van der Waals surface area contributed by atoms with Crippen molar-refractivity contribution < 1.29 is 9.84 Å². The first-order chi connectivity index (χ1) is 9.35. The molecule has 0 spiro atoms. The van der Waals surface area contributed by atoms with Crippen molar-refractivity contribution in [2.75, 3.05) is 32.9 Å². The van der Waals surface area contributed by atoms with Gasteiger partial charge in [0.15, 0.2) is 0 Å². The van der Waals surface area contributed by atoms with Gasteiger partial charge in [0.25, 0.3) is 0 Å². The third-order valence-electron chi connectivity index (χ3n) is 4.05. The molecule has 1 aliphatic heterocycles. The molecule has 1 aromatic rings. The molecular formula is C16H25NO2. The monoisotopic (exact) mass is 263 g/mol. The largest absolute Gasteiger partial charge is 0.396 e. The predicted octanol–water partition coefficient (Wildman–Crippen LogP) is 2.00. The summed E-state index contributed by atoms with van der Waals surface area (Å²) < 4.78 is 5.73. The Balaban J connectivity index is 1.63. The van der Waals surface area contributed by atoms with E-state index in [1.165, 1.54) is 5.56 Å². The molecule has 2 rings (SSSR count). The molecule has 3 nitrogen and oxygen atoms in total. The molecule has 1 aliphatic rings. The van der Waals surface area contributed by atoms with Gasteiger partial charge >= 0.3 is 0 Å². The number of hydrogen-bond acceptors (Lipinski definition) is 3. The van der Waals surface area contributed by atoms with Crippen LogP contribution in [-0.2, 0) is 11.2 Å². The van der Waals surface area contributed by atoms with Crippen LogP contribution >= 0.6 is 0 Å². The maximum Gasteiger partial charge on any atom is 0.0506 e. The van der Waals surface area contributed by atoms with Crippen LogP contribution in [0.2, 0.25) is 0 Å². The van der Waals surface area contributed by atoms with Gasteiger partial charge in [0.1, 0.15) is 0 Å². The Hall–Kier alpha value is -0.900. The lowest BCUT2D eigenvalue weighted by Crippen LogP contribution is -2.43. The summed E-state index contributed by atoms with van der Waals surface area (Å²) in [6, 6.07) is 10.4. The second kappa shape index (κ2) is 7.63. The molecule has 2 N–H and O–H groups in total. The summed E-state index contributed by atoms with van der Waals surface area (Å²) in [5.41, 5.74) is 1.36. The highest BCUT2D eigenvalue weighted by Gasteiger charge is 2.30. The maximum atomic E-state index is 9.58. The fourth-order valence-electron chi connectivity index (χ4n) is 2.68. The van der Waals surface area contributed by atoms with E-state index in [1.54, 1.807) is 0 Å². The minimum absolute atomic E-state index is 0.0466. The van der Waals surface area contributed by atoms with Crippen molar-refractivity contribution in [2.24, 2.45) is 5.41 Å². The molecule has 0 bridgehead atoms. The molecule has 1 heterocycles. The minimum atomic E-state index is 0.0466. The van der Waals surface area contributed by atoms with Crippen LogP contribution in [0.5, 0.6) is 0 Å². The SMILES string of the molecule is OC[C@]1(CCOCCc2ccccc2)CCCNC1. The van der Waals surface area contributed by atoms with Crippen molar-refractivity contribution in [2.45, 2.75) is 25.7 Å². The molecule has 106 valence electrons. The van der Waals surface area contributed by atoms with Gasteiger partial charge in [0.05, 0.1) is 6.61 Å². The lowest BCUT2D eigenvalue weighted by atomic mass is 9.79. The number of hydrogen-bond donors (Lipinski definition) is 2. The quantitative estimate of drug-likeness (QED) is 0.739. The van der Waals surface area contributed by atoms with E-state index in [2.05, 4.69) is 29.6 Å². The Morgan fingerprint density at radius 3 is 2.74 bits per heavy atom. The van der Waals surface area contributed by atoms with E-state index in [0.717, 1.165) is 52.0 Å². The summed E-state index contributed by atoms with van der Waals surface area (Å²) >= 11 is 0. The molecule has 0 aliphatic carbocycles. The number of aliphatic hydroxyl groups excluding tert-OH is 1. The van der Waals surface area contributed by atoms with Crippen LogP contribution in [0.3, 0.4) is 0 Å². The zero-order valence-corrected chi connectivity index (χ0v) is 11.6. The number of nitrogens with one attached hydrogen (secondary N) is 1.